The molecule has 0 aliphatic carbocycles. The first kappa shape index (κ1) is 20.0. The highest BCUT2D eigenvalue weighted by atomic mass is 16.3. The van der Waals surface area contributed by atoms with Gasteiger partial charge in [0, 0.05) is 13.1 Å². The number of nitrogens with one attached hydrogen (secondary N) is 2. The van der Waals surface area contributed by atoms with Crippen molar-refractivity contribution in [1.82, 2.24) is 10.2 Å². The molecule has 7 nitrogen and oxygen atoms in total. The second kappa shape index (κ2) is 9.49. The summed E-state index contributed by atoms with van der Waals surface area (Å²) in [5, 5.41) is 25.2. The topological polar surface area (TPSA) is 91.3 Å². The first-order valence-corrected chi connectivity index (χ1v) is 10.5. The summed E-state index contributed by atoms with van der Waals surface area (Å²) in [5.41, 5.74) is 1.96. The lowest BCUT2D eigenvalue weighted by Gasteiger charge is -2.25. The Morgan fingerprint density at radius 2 is 1.80 bits per heavy atom. The van der Waals surface area contributed by atoms with Gasteiger partial charge in [-0.1, -0.05) is 18.6 Å². The molecule has 1 aromatic carbocycles. The zero-order valence-corrected chi connectivity index (χ0v) is 17.0. The van der Waals surface area contributed by atoms with Crippen LogP contribution in [0.25, 0.3) is 0 Å². The molecule has 2 N–H and O–H groups in total. The Kier molecular flexibility index (Phi) is 6.34. The zero-order chi connectivity index (χ0) is 20.8. The third kappa shape index (κ3) is 4.49. The Balaban J connectivity index is 1.32. The van der Waals surface area contributed by atoms with E-state index < -0.39 is 0 Å². The Morgan fingerprint density at radius 3 is 2.60 bits per heavy atom. The number of benzene rings is 1. The number of nitriles is 2. The van der Waals surface area contributed by atoms with E-state index >= 15 is 0 Å². The molecule has 1 aromatic heterocycles. The molecule has 2 aliphatic heterocycles. The molecule has 1 saturated heterocycles. The van der Waals surface area contributed by atoms with Crippen molar-refractivity contribution in [2.75, 3.05) is 36.4 Å². The van der Waals surface area contributed by atoms with E-state index in [0.29, 0.717) is 25.5 Å². The first-order chi connectivity index (χ1) is 14.8. The minimum absolute atomic E-state index is 0.0830. The van der Waals surface area contributed by atoms with Crippen LogP contribution in [0.5, 0.6) is 0 Å². The van der Waals surface area contributed by atoms with Gasteiger partial charge in [-0.3, -0.25) is 4.90 Å². The highest BCUT2D eigenvalue weighted by molar-refractivity contribution is 5.82. The van der Waals surface area contributed by atoms with Crippen LogP contribution in [0.3, 0.4) is 0 Å². The van der Waals surface area contributed by atoms with Gasteiger partial charge in [0.2, 0.25) is 0 Å². The summed E-state index contributed by atoms with van der Waals surface area (Å²) < 4.78 is 5.98. The van der Waals surface area contributed by atoms with Crippen LogP contribution < -0.4 is 15.5 Å². The second-order valence-corrected chi connectivity index (χ2v) is 7.62. The van der Waals surface area contributed by atoms with Gasteiger partial charge in [0.05, 0.1) is 24.5 Å². The maximum atomic E-state index is 9.29. The van der Waals surface area contributed by atoms with Crippen LogP contribution in [0.15, 0.2) is 52.2 Å². The van der Waals surface area contributed by atoms with Gasteiger partial charge in [-0.15, -0.1) is 0 Å². The van der Waals surface area contributed by atoms with Crippen molar-refractivity contribution in [3.63, 3.8) is 0 Å². The number of hydrogen-bond acceptors (Lipinski definition) is 7. The highest BCUT2D eigenvalue weighted by Gasteiger charge is 2.26. The van der Waals surface area contributed by atoms with Crippen LogP contribution in [-0.4, -0.2) is 31.1 Å². The lowest BCUT2D eigenvalue weighted by atomic mass is 10.1. The largest absolute Gasteiger partial charge is 0.463 e. The Morgan fingerprint density at radius 1 is 1.03 bits per heavy atom. The number of furan rings is 1. The maximum absolute atomic E-state index is 9.29. The van der Waals surface area contributed by atoms with Gasteiger partial charge in [0.25, 0.3) is 0 Å². The quantitative estimate of drug-likeness (QED) is 0.540. The minimum Gasteiger partial charge on any atom is -0.463 e. The van der Waals surface area contributed by atoms with E-state index in [1.807, 2.05) is 47.4 Å². The summed E-state index contributed by atoms with van der Waals surface area (Å²) in [6.45, 7) is 5.16. The molecule has 7 heteroatoms. The number of likely N-dealkylation sites (tertiary alicyclic amines) is 1. The molecule has 0 atom stereocenters. The zero-order valence-electron chi connectivity index (χ0n) is 17.0. The van der Waals surface area contributed by atoms with E-state index in [1.54, 1.807) is 0 Å². The van der Waals surface area contributed by atoms with Crippen LogP contribution in [0.4, 0.5) is 11.4 Å². The predicted molar refractivity (Wildman–Crippen MR) is 115 cm³/mol. The SMILES string of the molecule is N#CC(C#N)=C1Nc2ccccc2N1CCNCc1ccc(CN2CCCCC2)o1. The van der Waals surface area contributed by atoms with Gasteiger partial charge in [-0.2, -0.15) is 10.5 Å². The summed E-state index contributed by atoms with van der Waals surface area (Å²) in [4.78, 5) is 4.43. The van der Waals surface area contributed by atoms with Crippen LogP contribution in [0.2, 0.25) is 0 Å². The fourth-order valence-corrected chi connectivity index (χ4v) is 4.03. The summed E-state index contributed by atoms with van der Waals surface area (Å²) in [6, 6.07) is 15.9. The number of hydrogen-bond donors (Lipinski definition) is 2. The molecule has 0 radical (unpaired) electrons. The smallest absolute Gasteiger partial charge is 0.170 e. The molecular formula is C23H26N6O. The molecule has 30 heavy (non-hydrogen) atoms. The van der Waals surface area contributed by atoms with Gasteiger partial charge in [-0.05, 0) is 50.2 Å². The summed E-state index contributed by atoms with van der Waals surface area (Å²) in [6.07, 6.45) is 3.89. The van der Waals surface area contributed by atoms with E-state index in [9.17, 15) is 10.5 Å². The molecular weight excluding hydrogens is 376 g/mol. The molecule has 0 unspecified atom stereocenters. The molecule has 4 rings (SSSR count). The van der Waals surface area contributed by atoms with Crippen molar-refractivity contribution in [2.45, 2.75) is 32.4 Å². The van der Waals surface area contributed by atoms with Crippen LogP contribution in [0.1, 0.15) is 30.8 Å². The third-order valence-electron chi connectivity index (χ3n) is 5.54. The van der Waals surface area contributed by atoms with E-state index in [2.05, 4.69) is 21.6 Å². The average Bonchev–Trinajstić information content (AvgIpc) is 3.37. The molecule has 0 bridgehead atoms. The van der Waals surface area contributed by atoms with Gasteiger partial charge >= 0.3 is 0 Å². The van der Waals surface area contributed by atoms with E-state index in [1.165, 1.54) is 19.3 Å². The average molecular weight is 403 g/mol. The lowest BCUT2D eigenvalue weighted by molar-refractivity contribution is 0.203. The van der Waals surface area contributed by atoms with Crippen molar-refractivity contribution in [2.24, 2.45) is 0 Å². The molecule has 2 aromatic rings. The molecule has 0 saturated carbocycles. The summed E-state index contributed by atoms with van der Waals surface area (Å²) in [5.74, 6) is 2.49. The van der Waals surface area contributed by atoms with Crippen molar-refractivity contribution in [3.05, 3.63) is 59.3 Å². The summed E-state index contributed by atoms with van der Waals surface area (Å²) >= 11 is 0. The molecule has 2 aliphatic rings. The van der Waals surface area contributed by atoms with Crippen molar-refractivity contribution in [3.8, 4) is 12.1 Å². The number of piperidine rings is 1. The van der Waals surface area contributed by atoms with Crippen molar-refractivity contribution in [1.29, 1.82) is 10.5 Å². The third-order valence-corrected chi connectivity index (χ3v) is 5.54. The maximum Gasteiger partial charge on any atom is 0.170 e. The number of allylic oxidation sites excluding steroid dienone is 1. The van der Waals surface area contributed by atoms with Gasteiger partial charge in [0.1, 0.15) is 29.5 Å². The normalized spacial score (nSPS) is 15.9. The van der Waals surface area contributed by atoms with Gasteiger partial charge in [0.15, 0.2) is 5.57 Å². The Labute approximate surface area is 177 Å². The Hall–Kier alpha value is -3.26. The number of rotatable bonds is 7. The van der Waals surface area contributed by atoms with Crippen molar-refractivity contribution >= 4 is 11.4 Å². The highest BCUT2D eigenvalue weighted by Crippen LogP contribution is 2.36. The standard InChI is InChI=1S/C23H26N6O/c24-14-18(15-25)23-27-21-6-2-3-7-22(21)29(23)13-10-26-16-19-8-9-20(30-19)17-28-11-4-1-5-12-28/h2-3,6-9,26-27H,1,4-5,10-13,16-17H2. The first-order valence-electron chi connectivity index (χ1n) is 10.5. The minimum atomic E-state index is 0.0830. The monoisotopic (exact) mass is 402 g/mol. The number of anilines is 2. The second-order valence-electron chi connectivity index (χ2n) is 7.62. The molecule has 0 amide bonds. The predicted octanol–water partition coefficient (Wildman–Crippen LogP) is 3.55. The van der Waals surface area contributed by atoms with Crippen LogP contribution >= 0.6 is 0 Å². The molecule has 1 fully saturated rings. The van der Waals surface area contributed by atoms with Crippen LogP contribution in [-0.2, 0) is 13.1 Å². The fraction of sp³-hybridized carbons (Fsp3) is 0.391. The fourth-order valence-electron chi connectivity index (χ4n) is 4.03. The summed E-state index contributed by atoms with van der Waals surface area (Å²) in [7, 11) is 0. The van der Waals surface area contributed by atoms with E-state index in [0.717, 1.165) is 42.5 Å². The number of nitrogens with zero attached hydrogens (tertiary/aromatic N) is 4. The number of fused-ring (bicyclic) bond motifs is 1. The lowest BCUT2D eigenvalue weighted by Crippen LogP contribution is -2.31. The molecule has 0 spiro atoms. The molecule has 3 heterocycles. The Bertz CT molecular complexity index is 974. The van der Waals surface area contributed by atoms with E-state index in [-0.39, 0.29) is 5.57 Å². The molecule has 154 valence electrons. The van der Waals surface area contributed by atoms with Gasteiger partial charge < -0.3 is 20.0 Å². The van der Waals surface area contributed by atoms with Gasteiger partial charge in [-0.25, -0.2) is 0 Å². The van der Waals surface area contributed by atoms with Crippen LogP contribution in [0, 0.1) is 22.7 Å². The number of para-hydroxylation sites is 2. The van der Waals surface area contributed by atoms with E-state index in [4.69, 9.17) is 4.42 Å². The van der Waals surface area contributed by atoms with Crippen molar-refractivity contribution < 1.29 is 4.42 Å².